The van der Waals surface area contributed by atoms with Crippen molar-refractivity contribution in [3.63, 3.8) is 0 Å². The second kappa shape index (κ2) is 7.16. The van der Waals surface area contributed by atoms with E-state index < -0.39 is 4.92 Å². The maximum absolute atomic E-state index is 11.3. The van der Waals surface area contributed by atoms with E-state index in [9.17, 15) is 10.1 Å². The largest absolute Gasteiger partial charge is 0.432 e. The first kappa shape index (κ1) is 15.4. The Bertz CT molecular complexity index is 651. The number of nitrogens with zero attached hydrogens (tertiary/aromatic N) is 3. The van der Waals surface area contributed by atoms with Gasteiger partial charge < -0.3 is 10.1 Å². The number of para-hydroxylation sites is 1. The first-order valence-corrected chi connectivity index (χ1v) is 7.37. The molecule has 1 heterocycles. The molecule has 0 saturated carbocycles. The summed E-state index contributed by atoms with van der Waals surface area (Å²) in [6.45, 7) is 2.55. The summed E-state index contributed by atoms with van der Waals surface area (Å²) in [5.41, 5.74) is -0.259. The molecule has 0 aliphatic carbocycles. The van der Waals surface area contributed by atoms with Gasteiger partial charge in [-0.05, 0) is 41.1 Å². The molecule has 2 aromatic rings. The number of benzene rings is 1. The van der Waals surface area contributed by atoms with Crippen molar-refractivity contribution < 1.29 is 9.66 Å². The lowest BCUT2D eigenvalue weighted by molar-refractivity contribution is -0.385. The zero-order valence-electron chi connectivity index (χ0n) is 11.2. The Kier molecular flexibility index (Phi) is 5.26. The van der Waals surface area contributed by atoms with Crippen molar-refractivity contribution >= 4 is 34.1 Å². The summed E-state index contributed by atoms with van der Waals surface area (Å²) in [6, 6.07) is 7.23. The van der Waals surface area contributed by atoms with Gasteiger partial charge in [0.15, 0.2) is 0 Å². The van der Waals surface area contributed by atoms with Crippen LogP contribution in [0.1, 0.15) is 13.3 Å². The minimum atomic E-state index is -0.539. The van der Waals surface area contributed by atoms with E-state index in [4.69, 9.17) is 4.74 Å². The average molecular weight is 400 g/mol. The van der Waals surface area contributed by atoms with E-state index in [0.29, 0.717) is 12.3 Å². The van der Waals surface area contributed by atoms with Gasteiger partial charge in [0, 0.05) is 6.54 Å². The van der Waals surface area contributed by atoms with Crippen LogP contribution in [0.5, 0.6) is 11.6 Å². The molecule has 0 aliphatic rings. The molecule has 0 aliphatic heterocycles. The number of aromatic nitrogens is 2. The van der Waals surface area contributed by atoms with Crippen molar-refractivity contribution in [2.75, 3.05) is 11.9 Å². The molecule has 0 saturated heterocycles. The van der Waals surface area contributed by atoms with Crippen molar-refractivity contribution in [1.29, 1.82) is 0 Å². The van der Waals surface area contributed by atoms with Crippen LogP contribution >= 0.6 is 22.6 Å². The van der Waals surface area contributed by atoms with Crippen LogP contribution in [-0.4, -0.2) is 21.4 Å². The first-order chi connectivity index (χ1) is 10.1. The van der Waals surface area contributed by atoms with Crippen molar-refractivity contribution in [2.45, 2.75) is 13.3 Å². The van der Waals surface area contributed by atoms with E-state index >= 15 is 0 Å². The highest BCUT2D eigenvalue weighted by molar-refractivity contribution is 14.1. The quantitative estimate of drug-likeness (QED) is 0.453. The van der Waals surface area contributed by atoms with Crippen LogP contribution in [0.4, 0.5) is 11.5 Å². The van der Waals surface area contributed by atoms with Crippen molar-refractivity contribution in [2.24, 2.45) is 0 Å². The van der Waals surface area contributed by atoms with Gasteiger partial charge >= 0.3 is 11.6 Å². The number of hydrogen-bond donors (Lipinski definition) is 1. The lowest BCUT2D eigenvalue weighted by Crippen LogP contribution is -2.07. The minimum Gasteiger partial charge on any atom is -0.432 e. The second-order valence-corrected chi connectivity index (χ2v) is 5.25. The maximum Gasteiger partial charge on any atom is 0.373 e. The third kappa shape index (κ3) is 3.78. The molecule has 0 spiro atoms. The van der Waals surface area contributed by atoms with Gasteiger partial charge in [0.05, 0.1) is 8.49 Å². The average Bonchev–Trinajstić information content (AvgIpc) is 2.47. The van der Waals surface area contributed by atoms with Gasteiger partial charge in [-0.15, -0.1) is 0 Å². The van der Waals surface area contributed by atoms with Gasteiger partial charge in [-0.2, -0.15) is 4.98 Å². The Balaban J connectivity index is 2.39. The van der Waals surface area contributed by atoms with Crippen LogP contribution in [0.25, 0.3) is 0 Å². The van der Waals surface area contributed by atoms with Crippen LogP contribution < -0.4 is 10.1 Å². The fraction of sp³-hybridized carbons (Fsp3) is 0.231. The smallest absolute Gasteiger partial charge is 0.373 e. The van der Waals surface area contributed by atoms with Crippen molar-refractivity contribution in [3.05, 3.63) is 44.3 Å². The fourth-order valence-corrected chi connectivity index (χ4v) is 2.10. The predicted molar refractivity (Wildman–Crippen MR) is 86.7 cm³/mol. The maximum atomic E-state index is 11.3. The Morgan fingerprint density at radius 3 is 2.81 bits per heavy atom. The molecule has 110 valence electrons. The van der Waals surface area contributed by atoms with E-state index in [2.05, 4.69) is 37.9 Å². The standard InChI is InChI=1S/C13H13IN4O3/c1-2-7-15-12-11(18(19)20)13(17-8-16-12)21-10-6-4-3-5-9(10)14/h3-6,8H,2,7H2,1H3,(H,15,16,17). The summed E-state index contributed by atoms with van der Waals surface area (Å²) in [4.78, 5) is 18.5. The number of hydrogen-bond acceptors (Lipinski definition) is 6. The SMILES string of the molecule is CCCNc1ncnc(Oc2ccccc2I)c1[N+](=O)[O-]. The van der Waals surface area contributed by atoms with E-state index in [1.807, 2.05) is 19.1 Å². The number of ether oxygens (including phenoxy) is 1. The molecule has 1 aromatic heterocycles. The van der Waals surface area contributed by atoms with Crippen molar-refractivity contribution in [3.8, 4) is 11.6 Å². The molecule has 21 heavy (non-hydrogen) atoms. The highest BCUT2D eigenvalue weighted by Gasteiger charge is 2.25. The number of nitro groups is 1. The summed E-state index contributed by atoms with van der Waals surface area (Å²) in [7, 11) is 0. The molecule has 2 rings (SSSR count). The van der Waals surface area contributed by atoms with Crippen molar-refractivity contribution in [1.82, 2.24) is 9.97 Å². The van der Waals surface area contributed by atoms with Gasteiger partial charge in [-0.3, -0.25) is 10.1 Å². The Labute approximate surface area is 135 Å². The van der Waals surface area contributed by atoms with Gasteiger partial charge in [-0.1, -0.05) is 19.1 Å². The predicted octanol–water partition coefficient (Wildman–Crippen LogP) is 3.60. The van der Waals surface area contributed by atoms with E-state index in [-0.39, 0.29) is 17.4 Å². The minimum absolute atomic E-state index is 0.0716. The van der Waals surface area contributed by atoms with Crippen LogP contribution in [-0.2, 0) is 0 Å². The summed E-state index contributed by atoms with van der Waals surface area (Å²) in [6.07, 6.45) is 2.07. The fourth-order valence-electron chi connectivity index (χ4n) is 1.61. The number of nitrogens with one attached hydrogen (secondary N) is 1. The van der Waals surface area contributed by atoms with Gasteiger partial charge in [0.25, 0.3) is 0 Å². The highest BCUT2D eigenvalue weighted by Crippen LogP contribution is 2.35. The third-order valence-electron chi connectivity index (χ3n) is 2.56. The third-order valence-corrected chi connectivity index (χ3v) is 3.45. The number of anilines is 1. The summed E-state index contributed by atoms with van der Waals surface area (Å²) in [5.74, 6) is 0.608. The molecule has 0 unspecified atom stereocenters. The molecule has 0 atom stereocenters. The zero-order chi connectivity index (χ0) is 15.2. The van der Waals surface area contributed by atoms with Gasteiger partial charge in [0.1, 0.15) is 12.1 Å². The summed E-state index contributed by atoms with van der Waals surface area (Å²) >= 11 is 2.09. The first-order valence-electron chi connectivity index (χ1n) is 6.29. The van der Waals surface area contributed by atoms with E-state index in [1.165, 1.54) is 6.33 Å². The van der Waals surface area contributed by atoms with Crippen LogP contribution in [0.15, 0.2) is 30.6 Å². The normalized spacial score (nSPS) is 10.2. The molecule has 0 fully saturated rings. The molecule has 7 nitrogen and oxygen atoms in total. The van der Waals surface area contributed by atoms with Gasteiger partial charge in [-0.25, -0.2) is 4.98 Å². The van der Waals surface area contributed by atoms with Crippen LogP contribution in [0.2, 0.25) is 0 Å². The molecular formula is C13H13IN4O3. The molecule has 1 N–H and O–H groups in total. The number of halogens is 1. The summed E-state index contributed by atoms with van der Waals surface area (Å²) < 4.78 is 6.42. The Morgan fingerprint density at radius 1 is 1.38 bits per heavy atom. The zero-order valence-corrected chi connectivity index (χ0v) is 13.4. The topological polar surface area (TPSA) is 90.2 Å². The number of rotatable bonds is 6. The molecule has 0 bridgehead atoms. The van der Waals surface area contributed by atoms with Crippen LogP contribution in [0, 0.1) is 13.7 Å². The Hall–Kier alpha value is -1.97. The highest BCUT2D eigenvalue weighted by atomic mass is 127. The van der Waals surface area contributed by atoms with Crippen LogP contribution in [0.3, 0.4) is 0 Å². The lowest BCUT2D eigenvalue weighted by Gasteiger charge is -2.09. The summed E-state index contributed by atoms with van der Waals surface area (Å²) in [5, 5.41) is 14.2. The molecule has 0 radical (unpaired) electrons. The van der Waals surface area contributed by atoms with Gasteiger partial charge in [0.2, 0.25) is 5.82 Å². The monoisotopic (exact) mass is 400 g/mol. The molecular weight excluding hydrogens is 387 g/mol. The van der Waals surface area contributed by atoms with E-state index in [0.717, 1.165) is 9.99 Å². The van der Waals surface area contributed by atoms with E-state index in [1.54, 1.807) is 12.1 Å². The molecule has 1 aromatic carbocycles. The lowest BCUT2D eigenvalue weighted by atomic mass is 10.3. The second-order valence-electron chi connectivity index (χ2n) is 4.09. The molecule has 0 amide bonds. The Morgan fingerprint density at radius 2 is 2.14 bits per heavy atom. The molecule has 8 heteroatoms.